The molecular formula is C25H21ClN2O3. The minimum absolute atomic E-state index is 0.0553. The second-order valence-electron chi connectivity index (χ2n) is 6.53. The zero-order valence-corrected chi connectivity index (χ0v) is 17.7. The number of amides is 1. The fraction of sp³-hybridized carbons (Fsp3) is 0.120. The van der Waals surface area contributed by atoms with Gasteiger partial charge in [-0.2, -0.15) is 5.26 Å². The van der Waals surface area contributed by atoms with Gasteiger partial charge in [-0.1, -0.05) is 60.1 Å². The summed E-state index contributed by atoms with van der Waals surface area (Å²) in [4.78, 5) is 12.5. The summed E-state index contributed by atoms with van der Waals surface area (Å²) in [6, 6.07) is 23.9. The Bertz CT molecular complexity index is 1110. The van der Waals surface area contributed by atoms with Crippen LogP contribution in [0.4, 0.5) is 5.69 Å². The van der Waals surface area contributed by atoms with E-state index in [-0.39, 0.29) is 5.57 Å². The molecule has 156 valence electrons. The molecule has 6 heteroatoms. The smallest absolute Gasteiger partial charge is 0.266 e. The van der Waals surface area contributed by atoms with Gasteiger partial charge in [0.25, 0.3) is 5.91 Å². The van der Waals surface area contributed by atoms with Crippen LogP contribution in [0.25, 0.3) is 6.08 Å². The number of benzene rings is 3. The fourth-order valence-corrected chi connectivity index (χ4v) is 3.11. The molecular weight excluding hydrogens is 412 g/mol. The van der Waals surface area contributed by atoms with Crippen molar-refractivity contribution in [3.63, 3.8) is 0 Å². The van der Waals surface area contributed by atoms with E-state index < -0.39 is 5.91 Å². The molecule has 0 unspecified atom stereocenters. The first-order valence-electron chi connectivity index (χ1n) is 9.72. The number of nitrogens with zero attached hydrogens (tertiary/aromatic N) is 1. The third-order valence-electron chi connectivity index (χ3n) is 4.27. The Hall–Kier alpha value is -3.75. The molecule has 0 aliphatic rings. The molecule has 0 saturated carbocycles. The predicted octanol–water partition coefficient (Wildman–Crippen LogP) is 5.86. The van der Waals surface area contributed by atoms with Crippen molar-refractivity contribution < 1.29 is 14.3 Å². The summed E-state index contributed by atoms with van der Waals surface area (Å²) in [7, 11) is 0. The SMILES string of the molecule is CCOc1cc(/C=C(\C#N)C(=O)Nc2ccccc2)cc(Cl)c1OCc1ccccc1. The van der Waals surface area contributed by atoms with E-state index in [1.54, 1.807) is 36.4 Å². The average Bonchev–Trinajstić information content (AvgIpc) is 2.78. The van der Waals surface area contributed by atoms with Gasteiger partial charge in [0.15, 0.2) is 11.5 Å². The lowest BCUT2D eigenvalue weighted by molar-refractivity contribution is -0.112. The van der Waals surface area contributed by atoms with Gasteiger partial charge < -0.3 is 14.8 Å². The van der Waals surface area contributed by atoms with Crippen LogP contribution in [0.5, 0.6) is 11.5 Å². The molecule has 0 radical (unpaired) electrons. The molecule has 0 heterocycles. The molecule has 3 aromatic carbocycles. The van der Waals surface area contributed by atoms with Gasteiger partial charge in [0, 0.05) is 5.69 Å². The highest BCUT2D eigenvalue weighted by Gasteiger charge is 2.15. The van der Waals surface area contributed by atoms with Crippen LogP contribution in [0.3, 0.4) is 0 Å². The average molecular weight is 433 g/mol. The Morgan fingerprint density at radius 1 is 1.06 bits per heavy atom. The molecule has 5 nitrogen and oxygen atoms in total. The van der Waals surface area contributed by atoms with Crippen LogP contribution in [0.2, 0.25) is 5.02 Å². The molecule has 0 aromatic heterocycles. The lowest BCUT2D eigenvalue weighted by Gasteiger charge is -2.15. The molecule has 1 amide bonds. The fourth-order valence-electron chi connectivity index (χ4n) is 2.84. The minimum atomic E-state index is -0.507. The van der Waals surface area contributed by atoms with Crippen LogP contribution in [0.15, 0.2) is 78.4 Å². The number of hydrogen-bond acceptors (Lipinski definition) is 4. The molecule has 0 aliphatic carbocycles. The van der Waals surface area contributed by atoms with Gasteiger partial charge in [-0.15, -0.1) is 0 Å². The first-order chi connectivity index (χ1) is 15.1. The van der Waals surface area contributed by atoms with E-state index in [2.05, 4.69) is 5.32 Å². The van der Waals surface area contributed by atoms with Crippen molar-refractivity contribution in [2.24, 2.45) is 0 Å². The van der Waals surface area contributed by atoms with Crippen LogP contribution in [-0.2, 0) is 11.4 Å². The largest absolute Gasteiger partial charge is 0.490 e. The van der Waals surface area contributed by atoms with Crippen molar-refractivity contribution in [2.75, 3.05) is 11.9 Å². The molecule has 3 aromatic rings. The lowest BCUT2D eigenvalue weighted by atomic mass is 10.1. The molecule has 0 atom stereocenters. The summed E-state index contributed by atoms with van der Waals surface area (Å²) >= 11 is 6.45. The maximum Gasteiger partial charge on any atom is 0.266 e. The zero-order valence-electron chi connectivity index (χ0n) is 17.0. The van der Waals surface area contributed by atoms with E-state index in [1.165, 1.54) is 6.08 Å². The third kappa shape index (κ3) is 6.11. The van der Waals surface area contributed by atoms with Crippen molar-refractivity contribution in [1.29, 1.82) is 5.26 Å². The second kappa shape index (κ2) is 10.9. The Balaban J connectivity index is 1.84. The molecule has 0 aliphatic heterocycles. The van der Waals surface area contributed by atoms with Crippen LogP contribution in [0, 0.1) is 11.3 Å². The molecule has 0 bridgehead atoms. The van der Waals surface area contributed by atoms with Gasteiger partial charge in [-0.3, -0.25) is 4.79 Å². The first-order valence-corrected chi connectivity index (χ1v) is 10.1. The highest BCUT2D eigenvalue weighted by Crippen LogP contribution is 2.38. The minimum Gasteiger partial charge on any atom is -0.490 e. The van der Waals surface area contributed by atoms with E-state index in [4.69, 9.17) is 21.1 Å². The standard InChI is InChI=1S/C25H21ClN2O3/c1-2-30-23-15-19(13-20(16-27)25(29)28-21-11-7-4-8-12-21)14-22(26)24(23)31-17-18-9-5-3-6-10-18/h3-15H,2,17H2,1H3,(H,28,29)/b20-13+. The summed E-state index contributed by atoms with van der Waals surface area (Å²) in [6.45, 7) is 2.59. The van der Waals surface area contributed by atoms with E-state index in [0.29, 0.717) is 41.0 Å². The number of anilines is 1. The number of carbonyl (C=O) groups is 1. The van der Waals surface area contributed by atoms with Gasteiger partial charge in [0.2, 0.25) is 0 Å². The van der Waals surface area contributed by atoms with Crippen molar-refractivity contribution in [3.05, 3.63) is 94.5 Å². The van der Waals surface area contributed by atoms with Gasteiger partial charge in [0.1, 0.15) is 18.2 Å². The Labute approximate surface area is 186 Å². The molecule has 1 N–H and O–H groups in total. The lowest BCUT2D eigenvalue weighted by Crippen LogP contribution is -2.13. The summed E-state index contributed by atoms with van der Waals surface area (Å²) in [5.74, 6) is 0.349. The summed E-state index contributed by atoms with van der Waals surface area (Å²) < 4.78 is 11.6. The van der Waals surface area contributed by atoms with E-state index >= 15 is 0 Å². The highest BCUT2D eigenvalue weighted by molar-refractivity contribution is 6.32. The first kappa shape index (κ1) is 21.9. The summed E-state index contributed by atoms with van der Waals surface area (Å²) in [5.41, 5.74) is 2.10. The molecule has 31 heavy (non-hydrogen) atoms. The number of para-hydroxylation sites is 1. The van der Waals surface area contributed by atoms with Crippen molar-refractivity contribution in [1.82, 2.24) is 0 Å². The molecule has 0 fully saturated rings. The zero-order chi connectivity index (χ0) is 22.1. The Kier molecular flexibility index (Phi) is 7.69. The third-order valence-corrected chi connectivity index (χ3v) is 4.55. The van der Waals surface area contributed by atoms with Crippen LogP contribution in [0.1, 0.15) is 18.1 Å². The molecule has 3 rings (SSSR count). The Morgan fingerprint density at radius 3 is 2.39 bits per heavy atom. The van der Waals surface area contributed by atoms with Crippen molar-refractivity contribution in [2.45, 2.75) is 13.5 Å². The van der Waals surface area contributed by atoms with Gasteiger partial charge >= 0.3 is 0 Å². The maximum absolute atomic E-state index is 12.5. The topological polar surface area (TPSA) is 71.3 Å². The van der Waals surface area contributed by atoms with E-state index in [1.807, 2.05) is 49.4 Å². The number of rotatable bonds is 8. The van der Waals surface area contributed by atoms with Gasteiger partial charge in [-0.25, -0.2) is 0 Å². The van der Waals surface area contributed by atoms with Crippen molar-refractivity contribution in [3.8, 4) is 17.6 Å². The second-order valence-corrected chi connectivity index (χ2v) is 6.93. The van der Waals surface area contributed by atoms with Crippen molar-refractivity contribution >= 4 is 29.3 Å². The maximum atomic E-state index is 12.5. The number of ether oxygens (including phenoxy) is 2. The van der Waals surface area contributed by atoms with Crippen LogP contribution in [-0.4, -0.2) is 12.5 Å². The van der Waals surface area contributed by atoms with E-state index in [0.717, 1.165) is 5.56 Å². The quantitative estimate of drug-likeness (QED) is 0.357. The number of hydrogen-bond donors (Lipinski definition) is 1. The number of nitriles is 1. The highest BCUT2D eigenvalue weighted by atomic mass is 35.5. The van der Waals surface area contributed by atoms with Gasteiger partial charge in [0.05, 0.1) is 11.6 Å². The Morgan fingerprint density at radius 2 is 1.74 bits per heavy atom. The molecule has 0 spiro atoms. The summed E-state index contributed by atoms with van der Waals surface area (Å²) in [5, 5.41) is 12.5. The van der Waals surface area contributed by atoms with E-state index in [9.17, 15) is 10.1 Å². The van der Waals surface area contributed by atoms with Crippen LogP contribution < -0.4 is 14.8 Å². The summed E-state index contributed by atoms with van der Waals surface area (Å²) in [6.07, 6.45) is 1.47. The van der Waals surface area contributed by atoms with Crippen LogP contribution >= 0.6 is 11.6 Å². The number of nitrogens with one attached hydrogen (secondary N) is 1. The molecule has 0 saturated heterocycles. The van der Waals surface area contributed by atoms with Gasteiger partial charge in [-0.05, 0) is 48.4 Å². The number of carbonyl (C=O) groups excluding carboxylic acids is 1. The number of halogens is 1. The normalized spacial score (nSPS) is 10.8. The predicted molar refractivity (Wildman–Crippen MR) is 122 cm³/mol. The monoisotopic (exact) mass is 432 g/mol.